The highest BCUT2D eigenvalue weighted by Gasteiger charge is 2.15. The van der Waals surface area contributed by atoms with E-state index in [0.29, 0.717) is 16.8 Å². The van der Waals surface area contributed by atoms with E-state index in [9.17, 15) is 9.18 Å². The smallest absolute Gasteiger partial charge is 0.268 e. The summed E-state index contributed by atoms with van der Waals surface area (Å²) in [5.74, 6) is 0.913. The van der Waals surface area contributed by atoms with Crippen LogP contribution in [0, 0.1) is 12.7 Å². The van der Waals surface area contributed by atoms with Crippen LogP contribution >= 0.6 is 0 Å². The molecule has 21 heavy (non-hydrogen) atoms. The van der Waals surface area contributed by atoms with Crippen molar-refractivity contribution in [1.29, 1.82) is 0 Å². The lowest BCUT2D eigenvalue weighted by atomic mass is 10.2. The van der Waals surface area contributed by atoms with E-state index in [-0.39, 0.29) is 17.8 Å². The fourth-order valence-electron chi connectivity index (χ4n) is 2.26. The molecule has 3 aromatic rings. The Bertz CT molecular complexity index is 804. The number of furan rings is 1. The maximum atomic E-state index is 13.2. The molecule has 1 atom stereocenters. The molecule has 1 amide bonds. The van der Waals surface area contributed by atoms with Gasteiger partial charge >= 0.3 is 0 Å². The van der Waals surface area contributed by atoms with E-state index in [2.05, 4.69) is 10.3 Å². The Balaban J connectivity index is 1.80. The topological polar surface area (TPSA) is 58.0 Å². The van der Waals surface area contributed by atoms with Gasteiger partial charge in [-0.3, -0.25) is 4.79 Å². The number of carbonyl (C=O) groups is 1. The Morgan fingerprint density at radius 2 is 2.10 bits per heavy atom. The maximum Gasteiger partial charge on any atom is 0.268 e. The van der Waals surface area contributed by atoms with Crippen LogP contribution < -0.4 is 5.32 Å². The van der Waals surface area contributed by atoms with E-state index in [1.54, 1.807) is 12.1 Å². The van der Waals surface area contributed by atoms with Gasteiger partial charge in [0.1, 0.15) is 23.0 Å². The normalized spacial score (nSPS) is 12.5. The predicted molar refractivity (Wildman–Crippen MR) is 77.6 cm³/mol. The van der Waals surface area contributed by atoms with Gasteiger partial charge < -0.3 is 14.7 Å². The summed E-state index contributed by atoms with van der Waals surface area (Å²) < 4.78 is 18.6. The molecule has 0 aliphatic carbocycles. The molecule has 0 aliphatic rings. The van der Waals surface area contributed by atoms with Crippen LogP contribution in [0.1, 0.15) is 35.0 Å². The Kier molecular flexibility index (Phi) is 3.25. The number of halogens is 1. The molecule has 3 rings (SSSR count). The number of aromatic nitrogens is 1. The Labute approximate surface area is 121 Å². The highest BCUT2D eigenvalue weighted by molar-refractivity contribution is 5.98. The van der Waals surface area contributed by atoms with Crippen LogP contribution in [0.2, 0.25) is 0 Å². The Hall–Kier alpha value is -2.56. The van der Waals surface area contributed by atoms with E-state index < -0.39 is 0 Å². The van der Waals surface area contributed by atoms with Crippen LogP contribution in [0.4, 0.5) is 4.39 Å². The van der Waals surface area contributed by atoms with Crippen LogP contribution in [0.25, 0.3) is 10.9 Å². The number of nitrogens with one attached hydrogen (secondary N) is 2. The summed E-state index contributed by atoms with van der Waals surface area (Å²) in [5.41, 5.74) is 1.12. The van der Waals surface area contributed by atoms with Crippen molar-refractivity contribution in [3.63, 3.8) is 0 Å². The monoisotopic (exact) mass is 286 g/mol. The minimum atomic E-state index is -0.326. The fourth-order valence-corrected chi connectivity index (χ4v) is 2.26. The molecule has 0 radical (unpaired) electrons. The zero-order valence-electron chi connectivity index (χ0n) is 11.7. The highest BCUT2D eigenvalue weighted by Crippen LogP contribution is 2.19. The van der Waals surface area contributed by atoms with Gasteiger partial charge in [0, 0.05) is 10.9 Å². The Morgan fingerprint density at radius 1 is 1.29 bits per heavy atom. The van der Waals surface area contributed by atoms with Gasteiger partial charge in [0.05, 0.1) is 6.04 Å². The van der Waals surface area contributed by atoms with Crippen molar-refractivity contribution in [3.05, 3.63) is 59.4 Å². The molecule has 0 saturated carbocycles. The number of benzene rings is 1. The molecule has 0 fully saturated rings. The fraction of sp³-hybridized carbons (Fsp3) is 0.188. The SMILES string of the molecule is Cc1ccc([C@H](C)NC(=O)c2cc3cc(F)ccc3[nH]2)o1. The number of amides is 1. The summed E-state index contributed by atoms with van der Waals surface area (Å²) in [6.07, 6.45) is 0. The number of rotatable bonds is 3. The molecule has 2 N–H and O–H groups in total. The highest BCUT2D eigenvalue weighted by atomic mass is 19.1. The third-order valence-corrected chi connectivity index (χ3v) is 3.36. The minimum absolute atomic E-state index is 0.241. The van der Waals surface area contributed by atoms with Crippen molar-refractivity contribution in [2.75, 3.05) is 0 Å². The molecule has 0 unspecified atom stereocenters. The molecule has 0 bridgehead atoms. The van der Waals surface area contributed by atoms with Crippen LogP contribution in [0.3, 0.4) is 0 Å². The molecule has 0 spiro atoms. The van der Waals surface area contributed by atoms with Gasteiger partial charge in [0.2, 0.25) is 0 Å². The van der Waals surface area contributed by atoms with Crippen molar-refractivity contribution in [2.24, 2.45) is 0 Å². The quantitative estimate of drug-likeness (QED) is 0.771. The summed E-state index contributed by atoms with van der Waals surface area (Å²) in [5, 5.41) is 3.51. The van der Waals surface area contributed by atoms with Gasteiger partial charge in [-0.1, -0.05) is 0 Å². The number of aromatic amines is 1. The van der Waals surface area contributed by atoms with Crippen molar-refractivity contribution < 1.29 is 13.6 Å². The van der Waals surface area contributed by atoms with E-state index in [0.717, 1.165) is 11.3 Å². The second kappa shape index (κ2) is 5.09. The molecule has 0 aliphatic heterocycles. The zero-order chi connectivity index (χ0) is 15.0. The van der Waals surface area contributed by atoms with Crippen molar-refractivity contribution in [3.8, 4) is 0 Å². The molecule has 5 heteroatoms. The Morgan fingerprint density at radius 3 is 2.81 bits per heavy atom. The standard InChI is InChI=1S/C16H15FN2O2/c1-9-3-6-15(21-9)10(2)18-16(20)14-8-11-7-12(17)4-5-13(11)19-14/h3-8,10,19H,1-2H3,(H,18,20)/t10-/m0/s1. The maximum absolute atomic E-state index is 13.2. The largest absolute Gasteiger partial charge is 0.464 e. The number of hydrogen-bond acceptors (Lipinski definition) is 2. The van der Waals surface area contributed by atoms with E-state index in [4.69, 9.17) is 4.42 Å². The van der Waals surface area contributed by atoms with E-state index in [1.165, 1.54) is 12.1 Å². The van der Waals surface area contributed by atoms with Crippen LogP contribution in [0.15, 0.2) is 40.8 Å². The molecule has 108 valence electrons. The first-order chi connectivity index (χ1) is 10.0. The number of carbonyl (C=O) groups excluding carboxylic acids is 1. The number of aryl methyl sites for hydroxylation is 1. The van der Waals surface area contributed by atoms with Gasteiger partial charge in [0.25, 0.3) is 5.91 Å². The van der Waals surface area contributed by atoms with Gasteiger partial charge in [0.15, 0.2) is 0 Å². The molecule has 2 aromatic heterocycles. The van der Waals surface area contributed by atoms with Crippen LogP contribution in [-0.2, 0) is 0 Å². The van der Waals surface area contributed by atoms with E-state index in [1.807, 2.05) is 26.0 Å². The first kappa shape index (κ1) is 13.4. The lowest BCUT2D eigenvalue weighted by Crippen LogP contribution is -2.26. The summed E-state index contributed by atoms with van der Waals surface area (Å²) in [6, 6.07) is 9.44. The van der Waals surface area contributed by atoms with Crippen molar-refractivity contribution in [1.82, 2.24) is 10.3 Å². The van der Waals surface area contributed by atoms with Gasteiger partial charge in [-0.15, -0.1) is 0 Å². The molecule has 4 nitrogen and oxygen atoms in total. The first-order valence-electron chi connectivity index (χ1n) is 6.68. The number of hydrogen-bond donors (Lipinski definition) is 2. The summed E-state index contributed by atoms with van der Waals surface area (Å²) >= 11 is 0. The third-order valence-electron chi connectivity index (χ3n) is 3.36. The molecular weight excluding hydrogens is 271 g/mol. The minimum Gasteiger partial charge on any atom is -0.464 e. The molecule has 1 aromatic carbocycles. The van der Waals surface area contributed by atoms with Gasteiger partial charge in [-0.2, -0.15) is 0 Å². The van der Waals surface area contributed by atoms with Crippen molar-refractivity contribution in [2.45, 2.75) is 19.9 Å². The van der Waals surface area contributed by atoms with Crippen molar-refractivity contribution >= 4 is 16.8 Å². The average Bonchev–Trinajstić information content (AvgIpc) is 3.04. The lowest BCUT2D eigenvalue weighted by molar-refractivity contribution is 0.0931. The second-order valence-corrected chi connectivity index (χ2v) is 5.06. The summed E-state index contributed by atoms with van der Waals surface area (Å²) in [6.45, 7) is 3.70. The van der Waals surface area contributed by atoms with Crippen LogP contribution in [-0.4, -0.2) is 10.9 Å². The lowest BCUT2D eigenvalue weighted by Gasteiger charge is -2.10. The number of H-pyrrole nitrogens is 1. The van der Waals surface area contributed by atoms with Crippen LogP contribution in [0.5, 0.6) is 0 Å². The average molecular weight is 286 g/mol. The van der Waals surface area contributed by atoms with Gasteiger partial charge in [-0.05, 0) is 50.2 Å². The summed E-state index contributed by atoms with van der Waals surface area (Å²) in [7, 11) is 0. The predicted octanol–water partition coefficient (Wildman–Crippen LogP) is 3.70. The molecule has 2 heterocycles. The third kappa shape index (κ3) is 2.67. The molecular formula is C16H15FN2O2. The molecule has 0 saturated heterocycles. The first-order valence-corrected chi connectivity index (χ1v) is 6.68. The van der Waals surface area contributed by atoms with E-state index >= 15 is 0 Å². The zero-order valence-corrected chi connectivity index (χ0v) is 11.7. The van der Waals surface area contributed by atoms with Gasteiger partial charge in [-0.25, -0.2) is 4.39 Å². The summed E-state index contributed by atoms with van der Waals surface area (Å²) in [4.78, 5) is 15.2. The number of fused-ring (bicyclic) bond motifs is 1. The second-order valence-electron chi connectivity index (χ2n) is 5.06.